The highest BCUT2D eigenvalue weighted by molar-refractivity contribution is 6.34. The molecular weight excluding hydrogens is 344 g/mol. The summed E-state index contributed by atoms with van der Waals surface area (Å²) in [6.07, 6.45) is 1.65. The van der Waals surface area contributed by atoms with Gasteiger partial charge in [-0.15, -0.1) is 0 Å². The van der Waals surface area contributed by atoms with Crippen molar-refractivity contribution in [1.82, 2.24) is 4.57 Å². The first kappa shape index (κ1) is 16.9. The van der Waals surface area contributed by atoms with Crippen LogP contribution in [0, 0.1) is 0 Å². The molecule has 0 radical (unpaired) electrons. The number of halogens is 1. The fourth-order valence-corrected chi connectivity index (χ4v) is 2.47. The van der Waals surface area contributed by atoms with E-state index in [4.69, 9.17) is 20.8 Å². The van der Waals surface area contributed by atoms with E-state index in [-0.39, 0.29) is 17.9 Å². The SMILES string of the molecule is COc1ccc(NC(=O)c2ccc(Cn3ccccc3=O)o2)c(Cl)c1. The summed E-state index contributed by atoms with van der Waals surface area (Å²) in [5.74, 6) is 0.792. The molecule has 25 heavy (non-hydrogen) atoms. The Bertz CT molecular complexity index is 961. The van der Waals surface area contributed by atoms with Gasteiger partial charge >= 0.3 is 0 Å². The summed E-state index contributed by atoms with van der Waals surface area (Å²) in [6, 6.07) is 13.0. The average Bonchev–Trinajstić information content (AvgIpc) is 3.07. The van der Waals surface area contributed by atoms with E-state index < -0.39 is 5.91 Å². The Hall–Kier alpha value is -2.99. The summed E-state index contributed by atoms with van der Waals surface area (Å²) < 4.78 is 12.1. The summed E-state index contributed by atoms with van der Waals surface area (Å²) in [4.78, 5) is 24.0. The first-order chi connectivity index (χ1) is 12.1. The van der Waals surface area contributed by atoms with E-state index in [0.717, 1.165) is 0 Å². The summed E-state index contributed by atoms with van der Waals surface area (Å²) >= 11 is 6.11. The smallest absolute Gasteiger partial charge is 0.291 e. The van der Waals surface area contributed by atoms with Gasteiger partial charge in [0, 0.05) is 18.3 Å². The second-order valence-corrected chi connectivity index (χ2v) is 5.64. The second kappa shape index (κ2) is 7.27. The van der Waals surface area contributed by atoms with Crippen molar-refractivity contribution in [2.45, 2.75) is 6.54 Å². The summed E-state index contributed by atoms with van der Waals surface area (Å²) in [6.45, 7) is 0.246. The van der Waals surface area contributed by atoms with Gasteiger partial charge in [0.15, 0.2) is 5.76 Å². The minimum Gasteiger partial charge on any atom is -0.497 e. The standard InChI is InChI=1S/C18H15ClN2O4/c1-24-12-5-7-15(14(19)10-12)20-18(23)16-8-6-13(25-16)11-21-9-3-2-4-17(21)22/h2-10H,11H2,1H3,(H,20,23). The van der Waals surface area contributed by atoms with Gasteiger partial charge in [-0.05, 0) is 30.3 Å². The number of anilines is 1. The molecule has 7 heteroatoms. The zero-order valence-corrected chi connectivity index (χ0v) is 14.1. The van der Waals surface area contributed by atoms with Gasteiger partial charge in [-0.2, -0.15) is 0 Å². The van der Waals surface area contributed by atoms with Crippen molar-refractivity contribution in [1.29, 1.82) is 0 Å². The van der Waals surface area contributed by atoms with E-state index in [2.05, 4.69) is 5.32 Å². The van der Waals surface area contributed by atoms with Crippen LogP contribution in [0.1, 0.15) is 16.3 Å². The van der Waals surface area contributed by atoms with E-state index in [1.54, 1.807) is 48.7 Å². The van der Waals surface area contributed by atoms with Gasteiger partial charge in [-0.1, -0.05) is 17.7 Å². The van der Waals surface area contributed by atoms with Crippen molar-refractivity contribution in [2.75, 3.05) is 12.4 Å². The van der Waals surface area contributed by atoms with Crippen LogP contribution in [0.25, 0.3) is 0 Å². The molecule has 0 unspecified atom stereocenters. The molecule has 0 saturated heterocycles. The van der Waals surface area contributed by atoms with Gasteiger partial charge in [0.05, 0.1) is 24.4 Å². The van der Waals surface area contributed by atoms with Gasteiger partial charge in [0.2, 0.25) is 0 Å². The topological polar surface area (TPSA) is 73.5 Å². The number of rotatable bonds is 5. The average molecular weight is 359 g/mol. The van der Waals surface area contributed by atoms with Crippen molar-refractivity contribution in [3.05, 3.63) is 81.6 Å². The molecule has 0 aliphatic carbocycles. The van der Waals surface area contributed by atoms with Gasteiger partial charge in [0.25, 0.3) is 11.5 Å². The Labute approximate surface area is 148 Å². The number of carbonyl (C=O) groups excluding carboxylic acids is 1. The largest absolute Gasteiger partial charge is 0.497 e. The summed E-state index contributed by atoms with van der Waals surface area (Å²) in [5, 5.41) is 3.03. The van der Waals surface area contributed by atoms with Gasteiger partial charge in [-0.3, -0.25) is 9.59 Å². The maximum Gasteiger partial charge on any atom is 0.291 e. The van der Waals surface area contributed by atoms with Crippen molar-refractivity contribution >= 4 is 23.2 Å². The molecule has 2 heterocycles. The molecule has 0 spiro atoms. The van der Waals surface area contributed by atoms with Crippen LogP contribution in [0.2, 0.25) is 5.02 Å². The number of amides is 1. The second-order valence-electron chi connectivity index (χ2n) is 5.23. The number of benzene rings is 1. The van der Waals surface area contributed by atoms with Crippen LogP contribution in [0.3, 0.4) is 0 Å². The van der Waals surface area contributed by atoms with Crippen molar-refractivity contribution < 1.29 is 13.9 Å². The quantitative estimate of drug-likeness (QED) is 0.758. The molecule has 3 aromatic rings. The maximum absolute atomic E-state index is 12.3. The van der Waals surface area contributed by atoms with E-state index in [9.17, 15) is 9.59 Å². The van der Waals surface area contributed by atoms with Crippen molar-refractivity contribution in [2.24, 2.45) is 0 Å². The molecule has 0 saturated carbocycles. The molecule has 1 aromatic carbocycles. The molecule has 1 N–H and O–H groups in total. The summed E-state index contributed by atoms with van der Waals surface area (Å²) in [5.41, 5.74) is 0.305. The number of nitrogens with one attached hydrogen (secondary N) is 1. The number of hydrogen-bond donors (Lipinski definition) is 1. The molecule has 0 fully saturated rings. The molecule has 2 aromatic heterocycles. The van der Waals surface area contributed by atoms with Crippen LogP contribution < -0.4 is 15.6 Å². The molecule has 0 bridgehead atoms. The highest BCUT2D eigenvalue weighted by Crippen LogP contribution is 2.27. The highest BCUT2D eigenvalue weighted by atomic mass is 35.5. The van der Waals surface area contributed by atoms with E-state index >= 15 is 0 Å². The number of furan rings is 1. The number of hydrogen-bond acceptors (Lipinski definition) is 4. The highest BCUT2D eigenvalue weighted by Gasteiger charge is 2.14. The van der Waals surface area contributed by atoms with Crippen LogP contribution in [-0.4, -0.2) is 17.6 Å². The van der Waals surface area contributed by atoms with Crippen molar-refractivity contribution in [3.63, 3.8) is 0 Å². The molecular formula is C18H15ClN2O4. The Morgan fingerprint density at radius 1 is 1.24 bits per heavy atom. The minimum atomic E-state index is -0.432. The predicted octanol–water partition coefficient (Wildman–Crippen LogP) is 3.40. The lowest BCUT2D eigenvalue weighted by molar-refractivity contribution is 0.0994. The van der Waals surface area contributed by atoms with Crippen LogP contribution in [0.5, 0.6) is 5.75 Å². The van der Waals surface area contributed by atoms with Crippen molar-refractivity contribution in [3.8, 4) is 5.75 Å². The number of methoxy groups -OCH3 is 1. The van der Waals surface area contributed by atoms with Crippen LogP contribution in [0.15, 0.2) is 63.9 Å². The lowest BCUT2D eigenvalue weighted by Crippen LogP contribution is -2.18. The first-order valence-corrected chi connectivity index (χ1v) is 7.83. The van der Waals surface area contributed by atoms with E-state index in [1.807, 2.05) is 0 Å². The molecule has 0 atom stereocenters. The fraction of sp³-hybridized carbons (Fsp3) is 0.111. The number of aromatic nitrogens is 1. The number of ether oxygens (including phenoxy) is 1. The molecule has 128 valence electrons. The van der Waals surface area contributed by atoms with E-state index in [0.29, 0.717) is 22.2 Å². The van der Waals surface area contributed by atoms with Crippen LogP contribution in [-0.2, 0) is 6.54 Å². The normalized spacial score (nSPS) is 10.5. The first-order valence-electron chi connectivity index (χ1n) is 7.46. The van der Waals surface area contributed by atoms with E-state index in [1.165, 1.54) is 17.7 Å². The molecule has 0 aliphatic rings. The lowest BCUT2D eigenvalue weighted by atomic mass is 10.3. The molecule has 3 rings (SSSR count). The van der Waals surface area contributed by atoms with Gasteiger partial charge in [-0.25, -0.2) is 0 Å². The number of carbonyl (C=O) groups is 1. The monoisotopic (exact) mass is 358 g/mol. The van der Waals surface area contributed by atoms with Crippen LogP contribution in [0.4, 0.5) is 5.69 Å². The Kier molecular flexibility index (Phi) is 4.90. The number of nitrogens with zero attached hydrogens (tertiary/aromatic N) is 1. The van der Waals surface area contributed by atoms with Crippen LogP contribution >= 0.6 is 11.6 Å². The zero-order chi connectivity index (χ0) is 17.8. The fourth-order valence-electron chi connectivity index (χ4n) is 2.25. The Balaban J connectivity index is 1.73. The third-order valence-electron chi connectivity index (χ3n) is 3.54. The molecule has 6 nitrogen and oxygen atoms in total. The van der Waals surface area contributed by atoms with Gasteiger partial charge in [0.1, 0.15) is 11.5 Å². The Morgan fingerprint density at radius 3 is 2.80 bits per heavy atom. The lowest BCUT2D eigenvalue weighted by Gasteiger charge is -2.07. The minimum absolute atomic E-state index is 0.130. The Morgan fingerprint density at radius 2 is 2.08 bits per heavy atom. The van der Waals surface area contributed by atoms with Gasteiger partial charge < -0.3 is 19.0 Å². The predicted molar refractivity (Wildman–Crippen MR) is 94.5 cm³/mol. The zero-order valence-electron chi connectivity index (χ0n) is 13.4. The third-order valence-corrected chi connectivity index (χ3v) is 3.85. The summed E-state index contributed by atoms with van der Waals surface area (Å²) in [7, 11) is 1.53. The number of pyridine rings is 1. The molecule has 1 amide bonds. The molecule has 0 aliphatic heterocycles. The maximum atomic E-state index is 12.3. The third kappa shape index (κ3) is 3.92.